The molecule has 0 unspecified atom stereocenters. The predicted molar refractivity (Wildman–Crippen MR) is 42.4 cm³/mol. The molecule has 0 aliphatic carbocycles. The van der Waals surface area contributed by atoms with Gasteiger partial charge in [-0.1, -0.05) is 11.6 Å². The van der Waals surface area contributed by atoms with Gasteiger partial charge in [-0.3, -0.25) is 0 Å². The highest BCUT2D eigenvalue weighted by molar-refractivity contribution is 6.30. The highest BCUT2D eigenvalue weighted by Gasteiger charge is 1.99. The van der Waals surface area contributed by atoms with Crippen LogP contribution in [0.1, 0.15) is 0 Å². The Kier molecular flexibility index (Phi) is 2.88. The van der Waals surface area contributed by atoms with Crippen LogP contribution < -0.4 is 4.74 Å². The fourth-order valence-corrected chi connectivity index (χ4v) is 0.750. The second kappa shape index (κ2) is 3.92. The lowest BCUT2D eigenvalue weighted by molar-refractivity contribution is -0.139. The lowest BCUT2D eigenvalue weighted by Gasteiger charge is -2.00. The lowest BCUT2D eigenvalue weighted by atomic mass is 10.5. The molecule has 0 spiro atoms. The summed E-state index contributed by atoms with van der Waals surface area (Å²) in [6.45, 7) is -0.409. The molecule has 0 atom stereocenters. The lowest BCUT2D eigenvalue weighted by Crippen LogP contribution is -2.09. The van der Waals surface area contributed by atoms with Gasteiger partial charge in [0, 0.05) is 17.3 Å². The third-order valence-electron chi connectivity index (χ3n) is 1.04. The number of carboxylic acids is 1. The highest BCUT2D eigenvalue weighted by atomic mass is 35.5. The zero-order valence-electron chi connectivity index (χ0n) is 6.03. The van der Waals surface area contributed by atoms with E-state index in [4.69, 9.17) is 21.4 Å². The third kappa shape index (κ3) is 2.75. The molecule has 12 heavy (non-hydrogen) atoms. The van der Waals surface area contributed by atoms with Gasteiger partial charge >= 0.3 is 5.97 Å². The summed E-state index contributed by atoms with van der Waals surface area (Å²) in [5, 5.41) is 8.72. The third-order valence-corrected chi connectivity index (χ3v) is 1.28. The van der Waals surface area contributed by atoms with E-state index in [1.54, 1.807) is 6.07 Å². The van der Waals surface area contributed by atoms with Crippen LogP contribution in [0.4, 0.5) is 0 Å². The zero-order chi connectivity index (χ0) is 8.97. The predicted octanol–water partition coefficient (Wildman–Crippen LogP) is 1.20. The summed E-state index contributed by atoms with van der Waals surface area (Å²) in [6, 6.07) is 3.03. The van der Waals surface area contributed by atoms with Crippen molar-refractivity contribution in [3.05, 3.63) is 23.4 Å². The molecule has 0 fully saturated rings. The van der Waals surface area contributed by atoms with Crippen molar-refractivity contribution in [1.82, 2.24) is 4.98 Å². The van der Waals surface area contributed by atoms with Gasteiger partial charge in [-0.2, -0.15) is 0 Å². The van der Waals surface area contributed by atoms with Crippen molar-refractivity contribution in [1.29, 1.82) is 0 Å². The number of carbonyl (C=O) groups is 1. The Bertz CT molecular complexity index is 290. The second-order valence-corrected chi connectivity index (χ2v) is 2.43. The van der Waals surface area contributed by atoms with Crippen LogP contribution in [0.2, 0.25) is 5.02 Å². The van der Waals surface area contributed by atoms with Gasteiger partial charge < -0.3 is 9.84 Å². The average Bonchev–Trinajstić information content (AvgIpc) is 2.01. The Morgan fingerprint density at radius 3 is 3.08 bits per heavy atom. The van der Waals surface area contributed by atoms with E-state index in [1.807, 2.05) is 0 Å². The first-order valence-electron chi connectivity index (χ1n) is 3.14. The molecule has 0 saturated heterocycles. The van der Waals surface area contributed by atoms with Gasteiger partial charge in [0.25, 0.3) is 0 Å². The number of aliphatic carboxylic acids is 1. The Morgan fingerprint density at radius 2 is 2.50 bits per heavy atom. The maximum atomic E-state index is 10.1. The number of carboxylic acid groups (broad SMARTS) is 1. The molecule has 0 amide bonds. The molecule has 1 rings (SSSR count). The smallest absolute Gasteiger partial charge is 0.341 e. The van der Waals surface area contributed by atoms with E-state index in [1.165, 1.54) is 12.3 Å². The van der Waals surface area contributed by atoms with Gasteiger partial charge in [-0.05, 0) is 6.07 Å². The van der Waals surface area contributed by atoms with Gasteiger partial charge in [-0.15, -0.1) is 0 Å². The van der Waals surface area contributed by atoms with Crippen molar-refractivity contribution in [2.75, 3.05) is 6.61 Å². The first kappa shape index (κ1) is 8.80. The molecule has 0 aliphatic heterocycles. The molecular formula is C7H6ClNO3. The van der Waals surface area contributed by atoms with Crippen molar-refractivity contribution in [2.45, 2.75) is 0 Å². The van der Waals surface area contributed by atoms with Crippen LogP contribution in [-0.4, -0.2) is 22.7 Å². The summed E-state index contributed by atoms with van der Waals surface area (Å²) in [4.78, 5) is 13.8. The van der Waals surface area contributed by atoms with E-state index in [9.17, 15) is 4.79 Å². The number of hydrogen-bond donors (Lipinski definition) is 1. The quantitative estimate of drug-likeness (QED) is 0.773. The molecule has 1 heterocycles. The molecule has 64 valence electrons. The Morgan fingerprint density at radius 1 is 1.75 bits per heavy atom. The van der Waals surface area contributed by atoms with Crippen molar-refractivity contribution < 1.29 is 14.6 Å². The van der Waals surface area contributed by atoms with Gasteiger partial charge in [0.05, 0.1) is 0 Å². The number of pyridine rings is 1. The number of ether oxygens (including phenoxy) is 1. The number of aromatic nitrogens is 1. The zero-order valence-corrected chi connectivity index (χ0v) is 6.78. The average molecular weight is 188 g/mol. The molecule has 0 bridgehead atoms. The van der Waals surface area contributed by atoms with Gasteiger partial charge in [0.15, 0.2) is 6.61 Å². The first-order valence-corrected chi connectivity index (χ1v) is 3.52. The second-order valence-electron chi connectivity index (χ2n) is 1.99. The summed E-state index contributed by atoms with van der Waals surface area (Å²) in [6.07, 6.45) is 1.44. The molecular weight excluding hydrogens is 182 g/mol. The normalized spacial score (nSPS) is 9.42. The van der Waals surface area contributed by atoms with E-state index in [-0.39, 0.29) is 5.88 Å². The number of rotatable bonds is 3. The molecule has 0 aliphatic rings. The SMILES string of the molecule is O=C(O)COc1cc(Cl)ccn1. The summed E-state index contributed by atoms with van der Waals surface area (Å²) in [5.74, 6) is -0.832. The first-order chi connectivity index (χ1) is 5.68. The van der Waals surface area contributed by atoms with Crippen LogP contribution in [-0.2, 0) is 4.79 Å². The Balaban J connectivity index is 2.57. The summed E-state index contributed by atoms with van der Waals surface area (Å²) in [5.41, 5.74) is 0. The standard InChI is InChI=1S/C7H6ClNO3/c8-5-1-2-9-6(3-5)12-4-7(10)11/h1-3H,4H2,(H,10,11). The van der Waals surface area contributed by atoms with Gasteiger partial charge in [-0.25, -0.2) is 9.78 Å². The fourth-order valence-electron chi connectivity index (χ4n) is 0.600. The van der Waals surface area contributed by atoms with Crippen LogP contribution in [0.15, 0.2) is 18.3 Å². The van der Waals surface area contributed by atoms with Crippen molar-refractivity contribution in [3.8, 4) is 5.88 Å². The van der Waals surface area contributed by atoms with Crippen molar-refractivity contribution in [3.63, 3.8) is 0 Å². The van der Waals surface area contributed by atoms with Crippen LogP contribution in [0.25, 0.3) is 0 Å². The molecule has 4 nitrogen and oxygen atoms in total. The molecule has 0 saturated carbocycles. The van der Waals surface area contributed by atoms with E-state index < -0.39 is 12.6 Å². The maximum absolute atomic E-state index is 10.1. The molecule has 1 N–H and O–H groups in total. The van der Waals surface area contributed by atoms with Crippen molar-refractivity contribution in [2.24, 2.45) is 0 Å². The van der Waals surface area contributed by atoms with Gasteiger partial charge in [0.2, 0.25) is 5.88 Å². The summed E-state index contributed by atoms with van der Waals surface area (Å²) < 4.78 is 4.75. The summed E-state index contributed by atoms with van der Waals surface area (Å²) in [7, 11) is 0. The topological polar surface area (TPSA) is 59.4 Å². The van der Waals surface area contributed by atoms with E-state index >= 15 is 0 Å². The largest absolute Gasteiger partial charge is 0.479 e. The minimum Gasteiger partial charge on any atom is -0.479 e. The number of nitrogens with zero attached hydrogens (tertiary/aromatic N) is 1. The number of hydrogen-bond acceptors (Lipinski definition) is 3. The minimum absolute atomic E-state index is 0.213. The summed E-state index contributed by atoms with van der Waals surface area (Å²) >= 11 is 5.59. The van der Waals surface area contributed by atoms with Crippen LogP contribution in [0.5, 0.6) is 5.88 Å². The molecule has 1 aromatic rings. The van der Waals surface area contributed by atoms with E-state index in [0.29, 0.717) is 5.02 Å². The molecule has 0 radical (unpaired) electrons. The molecule has 5 heteroatoms. The maximum Gasteiger partial charge on any atom is 0.341 e. The van der Waals surface area contributed by atoms with Crippen LogP contribution >= 0.6 is 11.6 Å². The molecule has 0 aromatic carbocycles. The van der Waals surface area contributed by atoms with Gasteiger partial charge in [0.1, 0.15) is 0 Å². The Hall–Kier alpha value is -1.29. The molecule has 1 aromatic heterocycles. The van der Waals surface area contributed by atoms with E-state index in [2.05, 4.69) is 4.98 Å². The van der Waals surface area contributed by atoms with E-state index in [0.717, 1.165) is 0 Å². The van der Waals surface area contributed by atoms with Crippen molar-refractivity contribution >= 4 is 17.6 Å². The minimum atomic E-state index is -1.04. The number of halogens is 1. The monoisotopic (exact) mass is 187 g/mol. The van der Waals surface area contributed by atoms with Crippen LogP contribution in [0, 0.1) is 0 Å². The fraction of sp³-hybridized carbons (Fsp3) is 0.143. The van der Waals surface area contributed by atoms with Crippen LogP contribution in [0.3, 0.4) is 0 Å². The Labute approximate surface area is 73.8 Å². The highest BCUT2D eigenvalue weighted by Crippen LogP contribution is 2.13.